The minimum atomic E-state index is -0.408. The van der Waals surface area contributed by atoms with Crippen LogP contribution in [0.25, 0.3) is 33.1 Å². The van der Waals surface area contributed by atoms with Gasteiger partial charge in [0.2, 0.25) is 5.88 Å². The van der Waals surface area contributed by atoms with Crippen molar-refractivity contribution in [3.05, 3.63) is 88.2 Å². The zero-order chi connectivity index (χ0) is 22.2. The molecule has 4 N–H and O–H groups in total. The highest BCUT2D eigenvalue weighted by atomic mass is 16.3. The number of benzene rings is 3. The summed E-state index contributed by atoms with van der Waals surface area (Å²) in [5.41, 5.74) is 2.15. The Morgan fingerprint density at radius 1 is 0.906 bits per heavy atom. The number of furan rings is 1. The van der Waals surface area contributed by atoms with Gasteiger partial charge in [0.1, 0.15) is 11.3 Å². The van der Waals surface area contributed by atoms with Crippen LogP contribution >= 0.6 is 0 Å². The van der Waals surface area contributed by atoms with Gasteiger partial charge in [-0.25, -0.2) is 0 Å². The molecule has 2 heterocycles. The zero-order valence-corrected chi connectivity index (χ0v) is 16.7. The Hall–Kier alpha value is -4.52. The fourth-order valence-electron chi connectivity index (χ4n) is 3.65. The number of nitrogens with one attached hydrogen (secondary N) is 1. The molecule has 0 aliphatic heterocycles. The van der Waals surface area contributed by atoms with Crippen LogP contribution in [0.2, 0.25) is 0 Å². The van der Waals surface area contributed by atoms with E-state index in [-0.39, 0.29) is 23.9 Å². The van der Waals surface area contributed by atoms with Gasteiger partial charge in [0, 0.05) is 27.9 Å². The van der Waals surface area contributed by atoms with E-state index >= 15 is 0 Å². The first kappa shape index (κ1) is 19.4. The molecule has 7 nitrogen and oxygen atoms in total. The van der Waals surface area contributed by atoms with Gasteiger partial charge < -0.3 is 19.7 Å². The summed E-state index contributed by atoms with van der Waals surface area (Å²) in [5, 5.41) is 31.4. The number of aliphatic imine (C=N–C) groups is 1. The standard InChI is InChI=1S/C25H18N2O5/c28-20-8-5-14(9-21(20)29)12-26-13-19-18-10-16(6-7-17(18)24(30)27-25(19)31)23-11-15-3-1-2-4-22(15)32-23/h1-11,13,28-29H,12H2,(H2,27,30,31). The molecule has 32 heavy (non-hydrogen) atoms. The maximum Gasteiger partial charge on any atom is 0.258 e. The van der Waals surface area contributed by atoms with Gasteiger partial charge >= 0.3 is 0 Å². The lowest BCUT2D eigenvalue weighted by molar-refractivity contribution is 0.403. The molecule has 0 amide bonds. The summed E-state index contributed by atoms with van der Waals surface area (Å²) < 4.78 is 5.94. The molecule has 0 aliphatic carbocycles. The van der Waals surface area contributed by atoms with Crippen molar-refractivity contribution < 1.29 is 19.7 Å². The molecule has 0 atom stereocenters. The third-order valence-electron chi connectivity index (χ3n) is 5.29. The van der Waals surface area contributed by atoms with Gasteiger partial charge in [0.25, 0.3) is 5.56 Å². The van der Waals surface area contributed by atoms with Crippen LogP contribution in [0.3, 0.4) is 0 Å². The molecule has 2 aromatic heterocycles. The Morgan fingerprint density at radius 3 is 2.56 bits per heavy atom. The van der Waals surface area contributed by atoms with Crippen molar-refractivity contribution >= 4 is 28.0 Å². The summed E-state index contributed by atoms with van der Waals surface area (Å²) in [7, 11) is 0. The fraction of sp³-hybridized carbons (Fsp3) is 0.0400. The van der Waals surface area contributed by atoms with E-state index in [9.17, 15) is 20.1 Å². The predicted molar refractivity (Wildman–Crippen MR) is 123 cm³/mol. The number of nitrogens with zero attached hydrogens (tertiary/aromatic N) is 1. The Kier molecular flexibility index (Phi) is 4.63. The number of aromatic hydroxyl groups is 3. The van der Waals surface area contributed by atoms with E-state index < -0.39 is 5.56 Å². The van der Waals surface area contributed by atoms with Gasteiger partial charge in [0.15, 0.2) is 11.5 Å². The SMILES string of the molecule is O=c1[nH]c(O)c(C=NCc2ccc(O)c(O)c2)c2cc(-c3cc4ccccc4o3)ccc12. The predicted octanol–water partition coefficient (Wildman–Crippen LogP) is 4.68. The van der Waals surface area contributed by atoms with E-state index in [1.807, 2.05) is 30.3 Å². The van der Waals surface area contributed by atoms with Gasteiger partial charge in [-0.2, -0.15) is 0 Å². The smallest absolute Gasteiger partial charge is 0.258 e. The summed E-state index contributed by atoms with van der Waals surface area (Å²) in [6.07, 6.45) is 1.47. The van der Waals surface area contributed by atoms with Crippen LogP contribution in [-0.4, -0.2) is 26.5 Å². The van der Waals surface area contributed by atoms with Crippen LogP contribution in [-0.2, 0) is 6.54 Å². The molecular formula is C25H18N2O5. The van der Waals surface area contributed by atoms with E-state index in [2.05, 4.69) is 9.98 Å². The van der Waals surface area contributed by atoms with Crippen molar-refractivity contribution in [3.63, 3.8) is 0 Å². The Balaban J connectivity index is 1.57. The van der Waals surface area contributed by atoms with Gasteiger partial charge in [-0.3, -0.25) is 14.8 Å². The second-order valence-corrected chi connectivity index (χ2v) is 7.42. The topological polar surface area (TPSA) is 119 Å². The fourth-order valence-corrected chi connectivity index (χ4v) is 3.65. The minimum Gasteiger partial charge on any atom is -0.504 e. The maximum atomic E-state index is 12.4. The number of pyridine rings is 1. The van der Waals surface area contributed by atoms with Crippen LogP contribution in [0.1, 0.15) is 11.1 Å². The molecule has 5 rings (SSSR count). The van der Waals surface area contributed by atoms with Crippen molar-refractivity contribution in [2.24, 2.45) is 4.99 Å². The lowest BCUT2D eigenvalue weighted by Crippen LogP contribution is -2.08. The molecule has 0 aliphatic rings. The molecule has 5 aromatic rings. The van der Waals surface area contributed by atoms with Crippen molar-refractivity contribution in [1.29, 1.82) is 0 Å². The van der Waals surface area contributed by atoms with Crippen LogP contribution < -0.4 is 5.56 Å². The summed E-state index contributed by atoms with van der Waals surface area (Å²) in [6.45, 7) is 0.206. The van der Waals surface area contributed by atoms with Crippen molar-refractivity contribution in [3.8, 4) is 28.7 Å². The monoisotopic (exact) mass is 426 g/mol. The number of H-pyrrole nitrogens is 1. The number of hydrogen-bond donors (Lipinski definition) is 4. The van der Waals surface area contributed by atoms with E-state index in [0.29, 0.717) is 27.7 Å². The average molecular weight is 426 g/mol. The molecule has 0 unspecified atom stereocenters. The first-order valence-corrected chi connectivity index (χ1v) is 9.88. The first-order valence-electron chi connectivity index (χ1n) is 9.88. The van der Waals surface area contributed by atoms with Crippen LogP contribution in [0.5, 0.6) is 17.4 Å². The number of phenolic OH excluding ortho intramolecular Hbond substituents is 2. The number of phenols is 2. The van der Waals surface area contributed by atoms with E-state index in [0.717, 1.165) is 16.5 Å². The van der Waals surface area contributed by atoms with E-state index in [1.54, 1.807) is 24.3 Å². The molecule has 0 spiro atoms. The average Bonchev–Trinajstić information content (AvgIpc) is 3.22. The Labute approximate surface area is 181 Å². The third-order valence-corrected chi connectivity index (χ3v) is 5.29. The van der Waals surface area contributed by atoms with Crippen LogP contribution in [0, 0.1) is 0 Å². The molecule has 7 heteroatoms. The maximum absolute atomic E-state index is 12.4. The quantitative estimate of drug-likeness (QED) is 0.246. The number of para-hydroxylation sites is 1. The molecular weight excluding hydrogens is 408 g/mol. The summed E-state index contributed by atoms with van der Waals surface area (Å²) >= 11 is 0. The van der Waals surface area contributed by atoms with Crippen molar-refractivity contribution in [2.75, 3.05) is 0 Å². The number of aromatic nitrogens is 1. The largest absolute Gasteiger partial charge is 0.504 e. The number of aromatic amines is 1. The van der Waals surface area contributed by atoms with E-state index in [4.69, 9.17) is 4.42 Å². The molecule has 3 aromatic carbocycles. The molecule has 0 radical (unpaired) electrons. The van der Waals surface area contributed by atoms with E-state index in [1.165, 1.54) is 18.3 Å². The minimum absolute atomic E-state index is 0.206. The van der Waals surface area contributed by atoms with Crippen molar-refractivity contribution in [2.45, 2.75) is 6.54 Å². The third kappa shape index (κ3) is 3.45. The Morgan fingerprint density at radius 2 is 1.75 bits per heavy atom. The molecule has 0 saturated carbocycles. The molecule has 0 bridgehead atoms. The molecule has 0 fully saturated rings. The van der Waals surface area contributed by atoms with Gasteiger partial charge in [-0.1, -0.05) is 30.3 Å². The van der Waals surface area contributed by atoms with Crippen molar-refractivity contribution in [1.82, 2.24) is 4.98 Å². The van der Waals surface area contributed by atoms with Crippen LogP contribution in [0.15, 0.2) is 80.9 Å². The highest BCUT2D eigenvalue weighted by Gasteiger charge is 2.13. The lowest BCUT2D eigenvalue weighted by Gasteiger charge is -2.07. The normalized spacial score (nSPS) is 11.6. The number of fused-ring (bicyclic) bond motifs is 2. The second-order valence-electron chi connectivity index (χ2n) is 7.42. The second kappa shape index (κ2) is 7.63. The lowest BCUT2D eigenvalue weighted by atomic mass is 10.0. The summed E-state index contributed by atoms with van der Waals surface area (Å²) in [6, 6.07) is 19.3. The molecule has 158 valence electrons. The number of rotatable bonds is 4. The molecule has 0 saturated heterocycles. The summed E-state index contributed by atoms with van der Waals surface area (Å²) in [4.78, 5) is 19.1. The van der Waals surface area contributed by atoms with Crippen LogP contribution in [0.4, 0.5) is 0 Å². The number of hydrogen-bond acceptors (Lipinski definition) is 6. The van der Waals surface area contributed by atoms with Gasteiger partial charge in [0.05, 0.1) is 12.1 Å². The first-order chi connectivity index (χ1) is 15.5. The highest BCUT2D eigenvalue weighted by molar-refractivity contribution is 6.03. The van der Waals surface area contributed by atoms with Gasteiger partial charge in [-0.05, 0) is 42.0 Å². The van der Waals surface area contributed by atoms with Gasteiger partial charge in [-0.15, -0.1) is 0 Å². The Bertz CT molecular complexity index is 1530. The highest BCUT2D eigenvalue weighted by Crippen LogP contribution is 2.31. The summed E-state index contributed by atoms with van der Waals surface area (Å²) in [5.74, 6) is -0.0810. The zero-order valence-electron chi connectivity index (χ0n) is 16.7.